The van der Waals surface area contributed by atoms with Crippen molar-refractivity contribution in [2.75, 3.05) is 7.11 Å². The van der Waals surface area contributed by atoms with E-state index in [-0.39, 0.29) is 13.2 Å². The molecule has 0 aliphatic carbocycles. The molecule has 0 amide bonds. The Morgan fingerprint density at radius 1 is 1.17 bits per heavy atom. The third kappa shape index (κ3) is 2.76. The molecular formula is C11H12N2O4S. The molecule has 0 atom stereocenters. The molecule has 0 aliphatic heterocycles. The zero-order valence-corrected chi connectivity index (χ0v) is 10.5. The quantitative estimate of drug-likeness (QED) is 0.850. The first kappa shape index (κ1) is 12.7. The second-order valence-electron chi connectivity index (χ2n) is 3.37. The van der Waals surface area contributed by atoms with Crippen LogP contribution in [0.25, 0.3) is 0 Å². The zero-order chi connectivity index (χ0) is 13.0. The first-order valence-corrected chi connectivity index (χ1v) is 5.97. The van der Waals surface area contributed by atoms with Crippen molar-refractivity contribution in [3.05, 3.63) is 28.8 Å². The van der Waals surface area contributed by atoms with Gasteiger partial charge in [-0.05, 0) is 17.7 Å². The molecule has 0 bridgehead atoms. The smallest absolute Gasteiger partial charge is 0.299 e. The number of aliphatic hydroxyl groups is 2. The third-order valence-electron chi connectivity index (χ3n) is 2.19. The van der Waals surface area contributed by atoms with Crippen molar-refractivity contribution in [1.82, 2.24) is 10.2 Å². The van der Waals surface area contributed by atoms with Crippen molar-refractivity contribution in [1.29, 1.82) is 0 Å². The lowest BCUT2D eigenvalue weighted by molar-refractivity contribution is 0.280. The second kappa shape index (κ2) is 5.76. The maximum atomic E-state index is 9.03. The standard InChI is InChI=1S/C11H12N2O4S/c1-16-9-4-7(5-14)2-3-8(9)17-11-13-12-10(6-15)18-11/h2-4,14-15H,5-6H2,1H3. The lowest BCUT2D eigenvalue weighted by atomic mass is 10.2. The van der Waals surface area contributed by atoms with Crippen LogP contribution in [0.3, 0.4) is 0 Å². The monoisotopic (exact) mass is 268 g/mol. The van der Waals surface area contributed by atoms with Gasteiger partial charge in [0, 0.05) is 0 Å². The summed E-state index contributed by atoms with van der Waals surface area (Å²) in [5, 5.41) is 26.2. The third-order valence-corrected chi connectivity index (χ3v) is 2.98. The minimum absolute atomic E-state index is 0.0654. The summed E-state index contributed by atoms with van der Waals surface area (Å²) in [6.07, 6.45) is 0. The number of hydrogen-bond donors (Lipinski definition) is 2. The van der Waals surface area contributed by atoms with Crippen molar-refractivity contribution in [3.63, 3.8) is 0 Å². The maximum Gasteiger partial charge on any atom is 0.299 e. The van der Waals surface area contributed by atoms with Crippen molar-refractivity contribution in [3.8, 4) is 16.7 Å². The van der Waals surface area contributed by atoms with Gasteiger partial charge in [0.25, 0.3) is 5.19 Å². The Labute approximate surface area is 107 Å². The Bertz CT molecular complexity index is 530. The zero-order valence-electron chi connectivity index (χ0n) is 9.66. The van der Waals surface area contributed by atoms with E-state index in [2.05, 4.69) is 10.2 Å². The van der Waals surface area contributed by atoms with Crippen LogP contribution in [0.5, 0.6) is 16.7 Å². The van der Waals surface area contributed by atoms with Crippen LogP contribution in [-0.2, 0) is 13.2 Å². The van der Waals surface area contributed by atoms with E-state index in [0.717, 1.165) is 16.9 Å². The van der Waals surface area contributed by atoms with E-state index in [1.807, 2.05) is 0 Å². The molecule has 1 aromatic heterocycles. The highest BCUT2D eigenvalue weighted by molar-refractivity contribution is 7.13. The highest BCUT2D eigenvalue weighted by Gasteiger charge is 2.10. The fourth-order valence-electron chi connectivity index (χ4n) is 1.33. The molecule has 0 unspecified atom stereocenters. The van der Waals surface area contributed by atoms with E-state index in [4.69, 9.17) is 19.7 Å². The molecule has 0 saturated heterocycles. The van der Waals surface area contributed by atoms with Gasteiger partial charge in [0.2, 0.25) is 0 Å². The van der Waals surface area contributed by atoms with Gasteiger partial charge in [-0.2, -0.15) is 0 Å². The fourth-order valence-corrected chi connectivity index (χ4v) is 1.89. The predicted octanol–water partition coefficient (Wildman–Crippen LogP) is 1.32. The van der Waals surface area contributed by atoms with Gasteiger partial charge >= 0.3 is 0 Å². The van der Waals surface area contributed by atoms with Crippen LogP contribution in [0.2, 0.25) is 0 Å². The summed E-state index contributed by atoms with van der Waals surface area (Å²) in [5.41, 5.74) is 0.729. The largest absolute Gasteiger partial charge is 0.493 e. The molecule has 0 spiro atoms. The number of methoxy groups -OCH3 is 1. The van der Waals surface area contributed by atoms with Crippen molar-refractivity contribution < 1.29 is 19.7 Å². The van der Waals surface area contributed by atoms with E-state index in [9.17, 15) is 0 Å². The molecule has 1 aromatic carbocycles. The fraction of sp³-hybridized carbons (Fsp3) is 0.273. The van der Waals surface area contributed by atoms with Gasteiger partial charge in [0.05, 0.1) is 20.3 Å². The Morgan fingerprint density at radius 2 is 2.00 bits per heavy atom. The van der Waals surface area contributed by atoms with Crippen LogP contribution in [0, 0.1) is 0 Å². The van der Waals surface area contributed by atoms with Gasteiger partial charge in [-0.1, -0.05) is 22.5 Å². The molecule has 0 radical (unpaired) electrons. The average molecular weight is 268 g/mol. The van der Waals surface area contributed by atoms with Gasteiger partial charge in [0.15, 0.2) is 11.5 Å². The van der Waals surface area contributed by atoms with Gasteiger partial charge < -0.3 is 19.7 Å². The SMILES string of the molecule is COc1cc(CO)ccc1Oc1nnc(CO)s1. The van der Waals surface area contributed by atoms with E-state index >= 15 is 0 Å². The number of rotatable bonds is 5. The number of hydrogen-bond acceptors (Lipinski definition) is 7. The lowest BCUT2D eigenvalue weighted by Crippen LogP contribution is -1.92. The summed E-state index contributed by atoms with van der Waals surface area (Å²) < 4.78 is 10.7. The van der Waals surface area contributed by atoms with Crippen LogP contribution in [0.1, 0.15) is 10.6 Å². The Balaban J connectivity index is 2.22. The molecular weight excluding hydrogens is 256 g/mol. The second-order valence-corrected chi connectivity index (χ2v) is 4.39. The van der Waals surface area contributed by atoms with Gasteiger partial charge in [0.1, 0.15) is 5.01 Å². The highest BCUT2D eigenvalue weighted by atomic mass is 32.1. The molecule has 0 fully saturated rings. The van der Waals surface area contributed by atoms with Crippen molar-refractivity contribution in [2.45, 2.75) is 13.2 Å². The number of ether oxygens (including phenoxy) is 2. The number of nitrogens with zero attached hydrogens (tertiary/aromatic N) is 2. The van der Waals surface area contributed by atoms with Crippen LogP contribution >= 0.6 is 11.3 Å². The number of benzene rings is 1. The molecule has 96 valence electrons. The van der Waals surface area contributed by atoms with Crippen LogP contribution in [0.15, 0.2) is 18.2 Å². The summed E-state index contributed by atoms with van der Waals surface area (Å²) in [6, 6.07) is 5.10. The Morgan fingerprint density at radius 3 is 2.61 bits per heavy atom. The first-order chi connectivity index (χ1) is 8.76. The van der Waals surface area contributed by atoms with E-state index in [1.165, 1.54) is 7.11 Å². The molecule has 7 heteroatoms. The Hall–Kier alpha value is -1.70. The lowest BCUT2D eigenvalue weighted by Gasteiger charge is -2.08. The maximum absolute atomic E-state index is 9.03. The summed E-state index contributed by atoms with van der Waals surface area (Å²) in [5.74, 6) is 0.984. The number of aliphatic hydroxyl groups excluding tert-OH is 2. The minimum Gasteiger partial charge on any atom is -0.493 e. The van der Waals surface area contributed by atoms with Crippen LogP contribution in [-0.4, -0.2) is 27.5 Å². The molecule has 1 heterocycles. The minimum atomic E-state index is -0.165. The first-order valence-electron chi connectivity index (χ1n) is 5.15. The van der Waals surface area contributed by atoms with Gasteiger partial charge in [-0.25, -0.2) is 0 Å². The van der Waals surface area contributed by atoms with E-state index in [1.54, 1.807) is 18.2 Å². The average Bonchev–Trinajstić information content (AvgIpc) is 2.87. The summed E-state index contributed by atoms with van der Waals surface area (Å²) in [6.45, 7) is -0.230. The summed E-state index contributed by atoms with van der Waals surface area (Å²) in [4.78, 5) is 0. The number of aromatic nitrogens is 2. The molecule has 18 heavy (non-hydrogen) atoms. The van der Waals surface area contributed by atoms with Crippen molar-refractivity contribution in [2.24, 2.45) is 0 Å². The summed E-state index contributed by atoms with van der Waals surface area (Å²) in [7, 11) is 1.52. The van der Waals surface area contributed by atoms with Crippen LogP contribution < -0.4 is 9.47 Å². The molecule has 2 aromatic rings. The normalized spacial score (nSPS) is 10.4. The predicted molar refractivity (Wildman–Crippen MR) is 64.8 cm³/mol. The van der Waals surface area contributed by atoms with Gasteiger partial charge in [-0.15, -0.1) is 5.10 Å². The van der Waals surface area contributed by atoms with Gasteiger partial charge in [-0.3, -0.25) is 0 Å². The van der Waals surface area contributed by atoms with Crippen LogP contribution in [0.4, 0.5) is 0 Å². The molecule has 2 N–H and O–H groups in total. The summed E-state index contributed by atoms with van der Waals surface area (Å²) >= 11 is 1.16. The van der Waals surface area contributed by atoms with Crippen molar-refractivity contribution >= 4 is 11.3 Å². The molecule has 0 saturated carbocycles. The van der Waals surface area contributed by atoms with E-state index in [0.29, 0.717) is 21.7 Å². The molecule has 2 rings (SSSR count). The topological polar surface area (TPSA) is 84.7 Å². The Kier molecular flexibility index (Phi) is 4.08. The highest BCUT2D eigenvalue weighted by Crippen LogP contribution is 2.33. The molecule has 0 aliphatic rings. The van der Waals surface area contributed by atoms with E-state index < -0.39 is 0 Å². The molecule has 6 nitrogen and oxygen atoms in total.